The molecule has 0 aliphatic carbocycles. The Labute approximate surface area is 143 Å². The third kappa shape index (κ3) is 5.27. The number of hydrogen-bond acceptors (Lipinski definition) is 3. The molecule has 0 aliphatic heterocycles. The zero-order valence-electron chi connectivity index (χ0n) is 13.4. The SMILES string of the molecule is Cc1cccc(C)c1OCC(NC(=O)CN)c1ccccc1.Cl. The van der Waals surface area contributed by atoms with Crippen molar-refractivity contribution in [2.24, 2.45) is 5.73 Å². The van der Waals surface area contributed by atoms with Crippen LogP contribution >= 0.6 is 12.4 Å². The fourth-order valence-electron chi connectivity index (χ4n) is 2.35. The Morgan fingerprint density at radius 2 is 1.70 bits per heavy atom. The highest BCUT2D eigenvalue weighted by Gasteiger charge is 2.15. The van der Waals surface area contributed by atoms with E-state index in [1.54, 1.807) is 0 Å². The van der Waals surface area contributed by atoms with E-state index >= 15 is 0 Å². The Morgan fingerprint density at radius 3 is 2.26 bits per heavy atom. The third-order valence-corrected chi connectivity index (χ3v) is 3.53. The minimum Gasteiger partial charge on any atom is -0.491 e. The van der Waals surface area contributed by atoms with Crippen LogP contribution in [0.25, 0.3) is 0 Å². The number of hydrogen-bond donors (Lipinski definition) is 2. The van der Waals surface area contributed by atoms with Crippen LogP contribution in [0.1, 0.15) is 22.7 Å². The smallest absolute Gasteiger partial charge is 0.234 e. The van der Waals surface area contributed by atoms with Crippen LogP contribution in [0.2, 0.25) is 0 Å². The average Bonchev–Trinajstić information content (AvgIpc) is 2.53. The molecule has 0 heterocycles. The van der Waals surface area contributed by atoms with E-state index in [0.717, 1.165) is 22.4 Å². The highest BCUT2D eigenvalue weighted by Crippen LogP contribution is 2.24. The fourth-order valence-corrected chi connectivity index (χ4v) is 2.35. The summed E-state index contributed by atoms with van der Waals surface area (Å²) in [5.74, 6) is 0.671. The quantitative estimate of drug-likeness (QED) is 0.853. The van der Waals surface area contributed by atoms with E-state index in [0.29, 0.717) is 6.61 Å². The predicted octanol–water partition coefficient (Wildman–Crippen LogP) is 2.92. The molecule has 0 bridgehead atoms. The number of ether oxygens (including phenoxy) is 1. The van der Waals surface area contributed by atoms with Gasteiger partial charge in [-0.3, -0.25) is 4.79 Å². The van der Waals surface area contributed by atoms with E-state index in [2.05, 4.69) is 5.32 Å². The Balaban J connectivity index is 0.00000264. The summed E-state index contributed by atoms with van der Waals surface area (Å²) < 4.78 is 5.97. The van der Waals surface area contributed by atoms with Gasteiger partial charge in [0.05, 0.1) is 12.6 Å². The van der Waals surface area contributed by atoms with Crippen LogP contribution in [-0.2, 0) is 4.79 Å². The lowest BCUT2D eigenvalue weighted by molar-refractivity contribution is -0.120. The van der Waals surface area contributed by atoms with Gasteiger partial charge in [0.2, 0.25) is 5.91 Å². The Morgan fingerprint density at radius 1 is 1.09 bits per heavy atom. The first-order valence-corrected chi connectivity index (χ1v) is 7.35. The molecule has 1 unspecified atom stereocenters. The number of carbonyl (C=O) groups is 1. The molecule has 5 heteroatoms. The monoisotopic (exact) mass is 334 g/mol. The fraction of sp³-hybridized carbons (Fsp3) is 0.278. The molecule has 23 heavy (non-hydrogen) atoms. The van der Waals surface area contributed by atoms with Crippen LogP contribution in [0.5, 0.6) is 5.75 Å². The zero-order valence-corrected chi connectivity index (χ0v) is 14.2. The standard InChI is InChI=1S/C18H22N2O2.ClH/c1-13-7-6-8-14(2)18(13)22-12-16(20-17(21)11-19)15-9-4-3-5-10-15;/h3-10,16H,11-12,19H2,1-2H3,(H,20,21);1H. The van der Waals surface area contributed by atoms with Crippen molar-refractivity contribution >= 4 is 18.3 Å². The van der Waals surface area contributed by atoms with Crippen molar-refractivity contribution < 1.29 is 9.53 Å². The number of para-hydroxylation sites is 1. The molecule has 2 aromatic rings. The van der Waals surface area contributed by atoms with Crippen LogP contribution in [0.15, 0.2) is 48.5 Å². The molecule has 0 saturated carbocycles. The first-order chi connectivity index (χ1) is 10.6. The van der Waals surface area contributed by atoms with E-state index in [9.17, 15) is 4.79 Å². The topological polar surface area (TPSA) is 64.3 Å². The van der Waals surface area contributed by atoms with E-state index in [1.807, 2.05) is 62.4 Å². The van der Waals surface area contributed by atoms with Gasteiger partial charge in [0.25, 0.3) is 0 Å². The number of carbonyl (C=O) groups excluding carboxylic acids is 1. The molecule has 124 valence electrons. The zero-order chi connectivity index (χ0) is 15.9. The molecule has 0 aromatic heterocycles. The Bertz CT molecular complexity index is 612. The summed E-state index contributed by atoms with van der Waals surface area (Å²) in [7, 11) is 0. The molecule has 4 nitrogen and oxygen atoms in total. The molecule has 0 saturated heterocycles. The first-order valence-electron chi connectivity index (χ1n) is 7.35. The largest absolute Gasteiger partial charge is 0.491 e. The van der Waals surface area contributed by atoms with Gasteiger partial charge in [-0.2, -0.15) is 0 Å². The van der Waals surface area contributed by atoms with E-state index in [1.165, 1.54) is 0 Å². The number of rotatable bonds is 6. The molecule has 1 amide bonds. The van der Waals surface area contributed by atoms with Crippen molar-refractivity contribution in [2.45, 2.75) is 19.9 Å². The van der Waals surface area contributed by atoms with Gasteiger partial charge in [0.1, 0.15) is 12.4 Å². The highest BCUT2D eigenvalue weighted by atomic mass is 35.5. The van der Waals surface area contributed by atoms with Crippen molar-refractivity contribution in [2.75, 3.05) is 13.2 Å². The maximum absolute atomic E-state index is 11.6. The molecule has 0 fully saturated rings. The maximum Gasteiger partial charge on any atom is 0.234 e. The second kappa shape index (κ2) is 9.18. The van der Waals surface area contributed by atoms with E-state index in [4.69, 9.17) is 10.5 Å². The van der Waals surface area contributed by atoms with Gasteiger partial charge in [-0.25, -0.2) is 0 Å². The van der Waals surface area contributed by atoms with Crippen molar-refractivity contribution in [3.8, 4) is 5.75 Å². The van der Waals surface area contributed by atoms with Crippen molar-refractivity contribution in [3.63, 3.8) is 0 Å². The van der Waals surface area contributed by atoms with Gasteiger partial charge >= 0.3 is 0 Å². The number of nitrogens with two attached hydrogens (primary N) is 1. The summed E-state index contributed by atoms with van der Waals surface area (Å²) in [6.07, 6.45) is 0. The van der Waals surface area contributed by atoms with E-state index in [-0.39, 0.29) is 30.9 Å². The second-order valence-corrected chi connectivity index (χ2v) is 5.27. The summed E-state index contributed by atoms with van der Waals surface area (Å²) in [5, 5.41) is 2.90. The summed E-state index contributed by atoms with van der Waals surface area (Å²) in [6, 6.07) is 15.6. The van der Waals surface area contributed by atoms with E-state index < -0.39 is 0 Å². The minimum absolute atomic E-state index is 0. The summed E-state index contributed by atoms with van der Waals surface area (Å²) in [4.78, 5) is 11.6. The summed E-state index contributed by atoms with van der Waals surface area (Å²) >= 11 is 0. The van der Waals surface area contributed by atoms with Gasteiger partial charge in [-0.05, 0) is 30.5 Å². The van der Waals surface area contributed by atoms with Gasteiger partial charge in [-0.15, -0.1) is 12.4 Å². The minimum atomic E-state index is -0.226. The lowest BCUT2D eigenvalue weighted by atomic mass is 10.1. The number of benzene rings is 2. The molecule has 0 aliphatic rings. The van der Waals surface area contributed by atoms with Gasteiger partial charge in [-0.1, -0.05) is 48.5 Å². The molecule has 2 aromatic carbocycles. The predicted molar refractivity (Wildman–Crippen MR) is 95.0 cm³/mol. The Kier molecular flexibility index (Phi) is 7.59. The first kappa shape index (κ1) is 19.0. The Hall–Kier alpha value is -2.04. The molecule has 0 spiro atoms. The van der Waals surface area contributed by atoms with Crippen molar-refractivity contribution in [3.05, 3.63) is 65.2 Å². The number of nitrogens with one attached hydrogen (secondary N) is 1. The molecule has 1 atom stereocenters. The summed E-state index contributed by atoms with van der Waals surface area (Å²) in [6.45, 7) is 4.35. The molecule has 0 radical (unpaired) electrons. The van der Waals surface area contributed by atoms with Gasteiger partial charge in [0, 0.05) is 0 Å². The summed E-state index contributed by atoms with van der Waals surface area (Å²) in [5.41, 5.74) is 8.56. The molecule has 3 N–H and O–H groups in total. The average molecular weight is 335 g/mol. The van der Waals surface area contributed by atoms with Crippen LogP contribution in [0.3, 0.4) is 0 Å². The molecule has 2 rings (SSSR count). The second-order valence-electron chi connectivity index (χ2n) is 5.27. The van der Waals surface area contributed by atoms with Crippen LogP contribution < -0.4 is 15.8 Å². The lowest BCUT2D eigenvalue weighted by Crippen LogP contribution is -2.36. The number of halogens is 1. The van der Waals surface area contributed by atoms with Crippen molar-refractivity contribution in [1.82, 2.24) is 5.32 Å². The van der Waals surface area contributed by atoms with Crippen molar-refractivity contribution in [1.29, 1.82) is 0 Å². The third-order valence-electron chi connectivity index (χ3n) is 3.53. The van der Waals surface area contributed by atoms with Crippen LogP contribution in [0, 0.1) is 13.8 Å². The molecular formula is C18H23ClN2O2. The lowest BCUT2D eigenvalue weighted by Gasteiger charge is -2.21. The number of amides is 1. The van der Waals surface area contributed by atoms with Gasteiger partial charge < -0.3 is 15.8 Å². The number of aryl methyl sites for hydroxylation is 2. The van der Waals surface area contributed by atoms with Crippen LogP contribution in [0.4, 0.5) is 0 Å². The van der Waals surface area contributed by atoms with Crippen LogP contribution in [-0.4, -0.2) is 19.1 Å². The van der Waals surface area contributed by atoms with Gasteiger partial charge in [0.15, 0.2) is 0 Å². The highest BCUT2D eigenvalue weighted by molar-refractivity contribution is 5.85. The normalized spacial score (nSPS) is 11.3. The maximum atomic E-state index is 11.6. The molecular weight excluding hydrogens is 312 g/mol.